The van der Waals surface area contributed by atoms with Crippen LogP contribution in [0.2, 0.25) is 0 Å². The maximum atomic E-state index is 9.94. The van der Waals surface area contributed by atoms with Gasteiger partial charge in [-0.1, -0.05) is 26.7 Å². The molecule has 0 bridgehead atoms. The molecule has 1 rings (SSSR count). The van der Waals surface area contributed by atoms with Gasteiger partial charge in [0.05, 0.1) is 10.6 Å². The van der Waals surface area contributed by atoms with Gasteiger partial charge in [-0.3, -0.25) is 0 Å². The molecule has 1 aromatic rings. The van der Waals surface area contributed by atoms with Crippen LogP contribution in [0.3, 0.4) is 0 Å². The first kappa shape index (κ1) is 13.4. The standard InChI is InChI=1S/C11H18BrN3O/c1-3-8(4-2)10(16)6-14-11-9(12)5-13-7-15-11/h5,7-8,10,16H,3-4,6H2,1-2H3,(H,13,14,15). The molecular weight excluding hydrogens is 270 g/mol. The largest absolute Gasteiger partial charge is 0.391 e. The summed E-state index contributed by atoms with van der Waals surface area (Å²) in [6.45, 7) is 4.71. The van der Waals surface area contributed by atoms with E-state index in [0.717, 1.165) is 23.1 Å². The molecule has 90 valence electrons. The lowest BCUT2D eigenvalue weighted by Gasteiger charge is -2.20. The summed E-state index contributed by atoms with van der Waals surface area (Å²) in [6.07, 6.45) is 4.81. The fourth-order valence-corrected chi connectivity index (χ4v) is 2.00. The fraction of sp³-hybridized carbons (Fsp3) is 0.636. The average Bonchev–Trinajstić information content (AvgIpc) is 2.29. The molecule has 16 heavy (non-hydrogen) atoms. The van der Waals surface area contributed by atoms with Crippen LogP contribution in [-0.4, -0.2) is 27.7 Å². The number of nitrogens with zero attached hydrogens (tertiary/aromatic N) is 2. The van der Waals surface area contributed by atoms with Gasteiger partial charge >= 0.3 is 0 Å². The quantitative estimate of drug-likeness (QED) is 0.844. The minimum atomic E-state index is -0.336. The summed E-state index contributed by atoms with van der Waals surface area (Å²) < 4.78 is 0.812. The maximum absolute atomic E-state index is 9.94. The highest BCUT2D eigenvalue weighted by Gasteiger charge is 2.15. The summed E-state index contributed by atoms with van der Waals surface area (Å²) >= 11 is 3.35. The molecule has 0 amide bonds. The van der Waals surface area contributed by atoms with E-state index in [1.165, 1.54) is 6.33 Å². The van der Waals surface area contributed by atoms with Crippen molar-refractivity contribution in [3.05, 3.63) is 17.0 Å². The third-order valence-corrected chi connectivity index (χ3v) is 3.32. The SMILES string of the molecule is CCC(CC)C(O)CNc1ncncc1Br. The van der Waals surface area contributed by atoms with Crippen molar-refractivity contribution in [1.29, 1.82) is 0 Å². The van der Waals surface area contributed by atoms with E-state index in [2.05, 4.69) is 45.1 Å². The third-order valence-electron chi connectivity index (χ3n) is 2.74. The van der Waals surface area contributed by atoms with E-state index in [9.17, 15) is 5.11 Å². The molecule has 0 aliphatic carbocycles. The molecule has 1 heterocycles. The third kappa shape index (κ3) is 3.72. The molecule has 1 aromatic heterocycles. The Bertz CT molecular complexity index is 318. The molecule has 0 spiro atoms. The maximum Gasteiger partial charge on any atom is 0.143 e. The highest BCUT2D eigenvalue weighted by Crippen LogP contribution is 2.18. The normalized spacial score (nSPS) is 12.8. The Morgan fingerprint density at radius 1 is 1.44 bits per heavy atom. The molecule has 5 heteroatoms. The molecule has 0 aromatic carbocycles. The van der Waals surface area contributed by atoms with Crippen molar-refractivity contribution < 1.29 is 5.11 Å². The van der Waals surface area contributed by atoms with Crippen molar-refractivity contribution in [2.45, 2.75) is 32.8 Å². The molecular formula is C11H18BrN3O. The Labute approximate surface area is 105 Å². The summed E-state index contributed by atoms with van der Waals surface area (Å²) in [4.78, 5) is 7.96. The van der Waals surface area contributed by atoms with Gasteiger partial charge in [-0.2, -0.15) is 0 Å². The highest BCUT2D eigenvalue weighted by molar-refractivity contribution is 9.10. The first-order valence-corrected chi connectivity index (χ1v) is 6.35. The lowest BCUT2D eigenvalue weighted by atomic mass is 9.97. The van der Waals surface area contributed by atoms with E-state index in [1.807, 2.05) is 0 Å². The second-order valence-corrected chi connectivity index (χ2v) is 4.60. The second-order valence-electron chi connectivity index (χ2n) is 3.74. The minimum Gasteiger partial charge on any atom is -0.391 e. The minimum absolute atomic E-state index is 0.336. The van der Waals surface area contributed by atoms with Crippen LogP contribution in [-0.2, 0) is 0 Å². The summed E-state index contributed by atoms with van der Waals surface area (Å²) in [5.41, 5.74) is 0. The summed E-state index contributed by atoms with van der Waals surface area (Å²) in [5.74, 6) is 1.06. The van der Waals surface area contributed by atoms with Crippen LogP contribution in [0.25, 0.3) is 0 Å². The topological polar surface area (TPSA) is 58.0 Å². The Hall–Kier alpha value is -0.680. The number of aliphatic hydroxyl groups excluding tert-OH is 1. The summed E-state index contributed by atoms with van der Waals surface area (Å²) in [5, 5.41) is 13.1. The molecule has 0 saturated heterocycles. The van der Waals surface area contributed by atoms with Gasteiger partial charge in [0, 0.05) is 12.7 Å². The Kier molecular flexibility index (Phi) is 5.69. The van der Waals surface area contributed by atoms with E-state index < -0.39 is 0 Å². The monoisotopic (exact) mass is 287 g/mol. The number of nitrogens with one attached hydrogen (secondary N) is 1. The summed E-state index contributed by atoms with van der Waals surface area (Å²) in [7, 11) is 0. The number of halogens is 1. The van der Waals surface area contributed by atoms with Crippen LogP contribution in [0, 0.1) is 5.92 Å². The van der Waals surface area contributed by atoms with Crippen molar-refractivity contribution in [2.75, 3.05) is 11.9 Å². The van der Waals surface area contributed by atoms with Gasteiger partial charge in [0.15, 0.2) is 0 Å². The van der Waals surface area contributed by atoms with Crippen LogP contribution in [0.5, 0.6) is 0 Å². The second kappa shape index (κ2) is 6.81. The number of hydrogen-bond acceptors (Lipinski definition) is 4. The van der Waals surface area contributed by atoms with Crippen LogP contribution in [0.15, 0.2) is 17.0 Å². The van der Waals surface area contributed by atoms with E-state index in [-0.39, 0.29) is 6.10 Å². The number of aliphatic hydroxyl groups is 1. The lowest BCUT2D eigenvalue weighted by molar-refractivity contribution is 0.114. The van der Waals surface area contributed by atoms with Crippen LogP contribution in [0.1, 0.15) is 26.7 Å². The van der Waals surface area contributed by atoms with Crippen LogP contribution < -0.4 is 5.32 Å². The lowest BCUT2D eigenvalue weighted by Crippen LogP contribution is -2.28. The smallest absolute Gasteiger partial charge is 0.143 e. The van der Waals surface area contributed by atoms with Gasteiger partial charge in [0.1, 0.15) is 12.1 Å². The van der Waals surface area contributed by atoms with Gasteiger partial charge in [-0.25, -0.2) is 9.97 Å². The fourth-order valence-electron chi connectivity index (χ4n) is 1.64. The first-order chi connectivity index (χ1) is 7.69. The van der Waals surface area contributed by atoms with Gasteiger partial charge < -0.3 is 10.4 Å². The van der Waals surface area contributed by atoms with Crippen molar-refractivity contribution in [2.24, 2.45) is 5.92 Å². The van der Waals surface area contributed by atoms with E-state index in [0.29, 0.717) is 12.5 Å². The molecule has 4 nitrogen and oxygen atoms in total. The van der Waals surface area contributed by atoms with Crippen molar-refractivity contribution in [1.82, 2.24) is 9.97 Å². The van der Waals surface area contributed by atoms with Crippen molar-refractivity contribution in [3.63, 3.8) is 0 Å². The van der Waals surface area contributed by atoms with Crippen LogP contribution >= 0.6 is 15.9 Å². The van der Waals surface area contributed by atoms with E-state index in [1.54, 1.807) is 6.20 Å². The number of anilines is 1. The number of aromatic nitrogens is 2. The van der Waals surface area contributed by atoms with Crippen LogP contribution in [0.4, 0.5) is 5.82 Å². The van der Waals surface area contributed by atoms with Crippen molar-refractivity contribution >= 4 is 21.7 Å². The zero-order valence-corrected chi connectivity index (χ0v) is 11.2. The molecule has 1 unspecified atom stereocenters. The Balaban J connectivity index is 2.48. The first-order valence-electron chi connectivity index (χ1n) is 5.56. The van der Waals surface area contributed by atoms with E-state index >= 15 is 0 Å². The Morgan fingerprint density at radius 3 is 2.69 bits per heavy atom. The number of rotatable bonds is 6. The molecule has 0 aliphatic rings. The molecule has 1 atom stereocenters. The summed E-state index contributed by atoms with van der Waals surface area (Å²) in [6, 6.07) is 0. The zero-order chi connectivity index (χ0) is 12.0. The van der Waals surface area contributed by atoms with Gasteiger partial charge in [0.25, 0.3) is 0 Å². The molecule has 0 fully saturated rings. The zero-order valence-electron chi connectivity index (χ0n) is 9.65. The van der Waals surface area contributed by atoms with Gasteiger partial charge in [-0.15, -0.1) is 0 Å². The highest BCUT2D eigenvalue weighted by atomic mass is 79.9. The predicted molar refractivity (Wildman–Crippen MR) is 68.3 cm³/mol. The van der Waals surface area contributed by atoms with Crippen molar-refractivity contribution in [3.8, 4) is 0 Å². The van der Waals surface area contributed by atoms with E-state index in [4.69, 9.17) is 0 Å². The predicted octanol–water partition coefficient (Wildman–Crippen LogP) is 2.45. The van der Waals surface area contributed by atoms with Gasteiger partial charge in [0.2, 0.25) is 0 Å². The molecule has 2 N–H and O–H groups in total. The Morgan fingerprint density at radius 2 is 2.12 bits per heavy atom. The van der Waals surface area contributed by atoms with Gasteiger partial charge in [-0.05, 0) is 21.8 Å². The molecule has 0 aliphatic heterocycles. The number of hydrogen-bond donors (Lipinski definition) is 2. The molecule has 0 saturated carbocycles. The molecule has 0 radical (unpaired) electrons. The average molecular weight is 288 g/mol.